The second kappa shape index (κ2) is 6.19. The summed E-state index contributed by atoms with van der Waals surface area (Å²) in [5.74, 6) is -1.78. The number of carbonyl (C=O) groups excluding carboxylic acids is 1. The number of hydrogen-bond acceptors (Lipinski definition) is 3. The fourth-order valence-corrected chi connectivity index (χ4v) is 0.543. The molecule has 0 rings (SSSR count). The van der Waals surface area contributed by atoms with Crippen molar-refractivity contribution in [1.82, 2.24) is 0 Å². The second-order valence-electron chi connectivity index (χ2n) is 2.80. The van der Waals surface area contributed by atoms with Crippen LogP contribution in [0.3, 0.4) is 0 Å². The summed E-state index contributed by atoms with van der Waals surface area (Å²) < 4.78 is 4.69. The van der Waals surface area contributed by atoms with Crippen molar-refractivity contribution >= 4 is 11.9 Å². The number of ether oxygens (including phenoxy) is 1. The smallest absolute Gasteiger partial charge is 0.331 e. The Morgan fingerprint density at radius 3 is 2.46 bits per heavy atom. The Kier molecular flexibility index (Phi) is 5.54. The summed E-state index contributed by atoms with van der Waals surface area (Å²) >= 11 is 0. The quantitative estimate of drug-likeness (QED) is 0.399. The number of likely N-dealkylation sites (N-methyl/N-ethyl adjacent to an activating group) is 1. The highest BCUT2D eigenvalue weighted by Crippen LogP contribution is 1.80. The highest BCUT2D eigenvalue weighted by Gasteiger charge is 1.99. The number of nitrogens with one attached hydrogen (secondary N) is 1. The molecule has 2 N–H and O–H groups in total. The predicted molar refractivity (Wildman–Crippen MR) is 45.4 cm³/mol. The second-order valence-corrected chi connectivity index (χ2v) is 2.80. The molecule has 74 valence electrons. The molecule has 0 saturated heterocycles. The van der Waals surface area contributed by atoms with E-state index in [9.17, 15) is 9.59 Å². The monoisotopic (exact) mass is 188 g/mol. The first-order valence-corrected chi connectivity index (χ1v) is 3.89. The molecule has 0 aromatic rings. The Labute approximate surface area is 76.6 Å². The molecule has 0 fully saturated rings. The van der Waals surface area contributed by atoms with Gasteiger partial charge in [0.2, 0.25) is 0 Å². The van der Waals surface area contributed by atoms with Crippen LogP contribution in [0.4, 0.5) is 0 Å². The minimum Gasteiger partial charge on any atom is -0.478 e. The van der Waals surface area contributed by atoms with E-state index in [0.29, 0.717) is 13.2 Å². The molecule has 5 heteroatoms. The van der Waals surface area contributed by atoms with Crippen molar-refractivity contribution in [2.24, 2.45) is 0 Å². The van der Waals surface area contributed by atoms with E-state index in [2.05, 4.69) is 0 Å². The van der Waals surface area contributed by atoms with Gasteiger partial charge < -0.3 is 14.7 Å². The van der Waals surface area contributed by atoms with Crippen LogP contribution >= 0.6 is 0 Å². The molecule has 0 aliphatic rings. The zero-order valence-corrected chi connectivity index (χ0v) is 7.74. The van der Waals surface area contributed by atoms with Gasteiger partial charge in [-0.1, -0.05) is 0 Å². The zero-order valence-electron chi connectivity index (χ0n) is 7.74. The fraction of sp³-hybridized carbons (Fsp3) is 0.500. The van der Waals surface area contributed by atoms with Gasteiger partial charge in [0.15, 0.2) is 0 Å². The maximum atomic E-state index is 10.7. The molecule has 0 aromatic heterocycles. The third-order valence-corrected chi connectivity index (χ3v) is 1.21. The van der Waals surface area contributed by atoms with Gasteiger partial charge in [-0.25, -0.2) is 9.59 Å². The summed E-state index contributed by atoms with van der Waals surface area (Å²) in [6.07, 6.45) is 1.65. The molecule has 0 aromatic carbocycles. The number of rotatable bonds is 5. The van der Waals surface area contributed by atoms with Gasteiger partial charge in [0.1, 0.15) is 13.2 Å². The van der Waals surface area contributed by atoms with Gasteiger partial charge in [0, 0.05) is 12.2 Å². The van der Waals surface area contributed by atoms with E-state index in [1.807, 2.05) is 14.1 Å². The van der Waals surface area contributed by atoms with E-state index in [1.54, 1.807) is 0 Å². The van der Waals surface area contributed by atoms with E-state index in [4.69, 9.17) is 9.84 Å². The normalized spacial score (nSPS) is 10.7. The van der Waals surface area contributed by atoms with E-state index in [-0.39, 0.29) is 0 Å². The van der Waals surface area contributed by atoms with Gasteiger partial charge in [-0.2, -0.15) is 0 Å². The van der Waals surface area contributed by atoms with Crippen molar-refractivity contribution in [3.8, 4) is 0 Å². The number of carboxylic acids is 1. The van der Waals surface area contributed by atoms with Gasteiger partial charge in [-0.05, 0) is 0 Å². The summed E-state index contributed by atoms with van der Waals surface area (Å²) in [6, 6.07) is 0. The number of aliphatic carboxylic acids is 1. The average molecular weight is 188 g/mol. The molecule has 0 saturated carbocycles. The van der Waals surface area contributed by atoms with Crippen molar-refractivity contribution in [3.63, 3.8) is 0 Å². The summed E-state index contributed by atoms with van der Waals surface area (Å²) in [5.41, 5.74) is 0. The Morgan fingerprint density at radius 2 is 2.00 bits per heavy atom. The molecule has 0 radical (unpaired) electrons. The molecule has 5 nitrogen and oxygen atoms in total. The minimum atomic E-state index is -1.16. The van der Waals surface area contributed by atoms with Gasteiger partial charge in [0.05, 0.1) is 14.1 Å². The molecular formula is C8H14NO4+. The highest BCUT2D eigenvalue weighted by molar-refractivity contribution is 5.90. The Bertz CT molecular complexity index is 210. The highest BCUT2D eigenvalue weighted by atomic mass is 16.5. The molecular weight excluding hydrogens is 174 g/mol. The lowest BCUT2D eigenvalue weighted by atomic mass is 10.5. The van der Waals surface area contributed by atoms with Gasteiger partial charge in [-0.3, -0.25) is 0 Å². The lowest BCUT2D eigenvalue weighted by Crippen LogP contribution is -3.06. The SMILES string of the molecule is C[NH+](C)CCOC(=O)C=CC(=O)O. The van der Waals surface area contributed by atoms with Crippen LogP contribution in [0.5, 0.6) is 0 Å². The maximum Gasteiger partial charge on any atom is 0.331 e. The Morgan fingerprint density at radius 1 is 1.38 bits per heavy atom. The summed E-state index contributed by atoms with van der Waals surface area (Å²) in [4.78, 5) is 21.9. The predicted octanol–water partition coefficient (Wildman–Crippen LogP) is -1.69. The standard InChI is InChI=1S/C8H13NO4/c1-9(2)5-6-13-8(12)4-3-7(10)11/h3-4H,5-6H2,1-2H3,(H,10,11)/p+1. The summed E-state index contributed by atoms with van der Waals surface area (Å²) in [6.45, 7) is 0.998. The van der Waals surface area contributed by atoms with E-state index < -0.39 is 11.9 Å². The average Bonchev–Trinajstić information content (AvgIpc) is 2.00. The third kappa shape index (κ3) is 8.55. The lowest BCUT2D eigenvalue weighted by Gasteiger charge is -2.05. The molecule has 0 spiro atoms. The van der Waals surface area contributed by atoms with Gasteiger partial charge in [0.25, 0.3) is 0 Å². The molecule has 0 aliphatic heterocycles. The van der Waals surface area contributed by atoms with Crippen LogP contribution in [0.2, 0.25) is 0 Å². The molecule has 0 atom stereocenters. The van der Waals surface area contributed by atoms with Gasteiger partial charge in [-0.15, -0.1) is 0 Å². The van der Waals surface area contributed by atoms with Crippen molar-refractivity contribution in [3.05, 3.63) is 12.2 Å². The zero-order chi connectivity index (χ0) is 10.3. The lowest BCUT2D eigenvalue weighted by molar-refractivity contribution is -0.858. The van der Waals surface area contributed by atoms with Crippen LogP contribution < -0.4 is 4.90 Å². The van der Waals surface area contributed by atoms with Crippen molar-refractivity contribution in [1.29, 1.82) is 0 Å². The van der Waals surface area contributed by atoms with Crippen LogP contribution in [-0.4, -0.2) is 44.3 Å². The number of hydrogen-bond donors (Lipinski definition) is 2. The maximum absolute atomic E-state index is 10.7. The topological polar surface area (TPSA) is 68.0 Å². The van der Waals surface area contributed by atoms with Crippen molar-refractivity contribution in [2.75, 3.05) is 27.2 Å². The molecule has 0 aliphatic carbocycles. The third-order valence-electron chi connectivity index (χ3n) is 1.21. The molecule has 13 heavy (non-hydrogen) atoms. The van der Waals surface area contributed by atoms with Crippen LogP contribution in [0.1, 0.15) is 0 Å². The van der Waals surface area contributed by atoms with Crippen molar-refractivity contribution < 1.29 is 24.3 Å². The first-order chi connectivity index (χ1) is 6.02. The van der Waals surface area contributed by atoms with Gasteiger partial charge >= 0.3 is 11.9 Å². The number of carboxylic acid groups (broad SMARTS) is 1. The number of carbonyl (C=O) groups is 2. The fourth-order valence-electron chi connectivity index (χ4n) is 0.543. The number of quaternary nitrogens is 1. The molecule has 0 amide bonds. The first kappa shape index (κ1) is 11.6. The molecule has 0 unspecified atom stereocenters. The minimum absolute atomic E-state index is 0.297. The van der Waals surface area contributed by atoms with E-state index in [1.165, 1.54) is 0 Å². The summed E-state index contributed by atoms with van der Waals surface area (Å²) in [5, 5.41) is 8.18. The van der Waals surface area contributed by atoms with Crippen LogP contribution in [0.25, 0.3) is 0 Å². The van der Waals surface area contributed by atoms with Crippen molar-refractivity contribution in [2.45, 2.75) is 0 Å². The molecule has 0 bridgehead atoms. The first-order valence-electron chi connectivity index (χ1n) is 3.89. The summed E-state index contributed by atoms with van der Waals surface area (Å²) in [7, 11) is 3.86. The largest absolute Gasteiger partial charge is 0.478 e. The van der Waals surface area contributed by atoms with E-state index >= 15 is 0 Å². The molecule has 0 heterocycles. The Hall–Kier alpha value is -1.36. The van der Waals surface area contributed by atoms with E-state index in [0.717, 1.165) is 17.1 Å². The number of esters is 1. The van der Waals surface area contributed by atoms with Crippen LogP contribution in [-0.2, 0) is 14.3 Å². The Balaban J connectivity index is 3.58. The van der Waals surface area contributed by atoms with Crippen LogP contribution in [0, 0.1) is 0 Å². The van der Waals surface area contributed by atoms with Crippen LogP contribution in [0.15, 0.2) is 12.2 Å².